The summed E-state index contributed by atoms with van der Waals surface area (Å²) in [6, 6.07) is 22.1. The number of non-ortho nitro benzene ring substituents is 1. The van der Waals surface area contributed by atoms with Crippen LogP contribution in [0.1, 0.15) is 41.9 Å². The van der Waals surface area contributed by atoms with Crippen LogP contribution in [0.2, 0.25) is 0 Å². The third kappa shape index (κ3) is 5.15. The first-order chi connectivity index (χ1) is 17.1. The molecule has 2 heterocycles. The zero-order chi connectivity index (χ0) is 24.2. The highest BCUT2D eigenvalue weighted by Gasteiger charge is 2.36. The predicted molar refractivity (Wildman–Crippen MR) is 138 cm³/mol. The van der Waals surface area contributed by atoms with Crippen LogP contribution >= 0.6 is 0 Å². The summed E-state index contributed by atoms with van der Waals surface area (Å²) in [5.41, 5.74) is 4.51. The maximum Gasteiger partial charge on any atom is 0.269 e. The Labute approximate surface area is 204 Å². The van der Waals surface area contributed by atoms with Crippen molar-refractivity contribution in [1.82, 2.24) is 4.90 Å². The van der Waals surface area contributed by atoms with E-state index in [1.54, 1.807) is 6.07 Å². The normalized spacial score (nSPS) is 17.9. The SMILES string of the molecule is O=C1Nc2ccc([N+](=O)[O-])cc2C1C(=Nc1ccc(CCCN2CCCC2)cc1)c1ccccc1. The number of nitro benzene ring substituents is 1. The zero-order valence-electron chi connectivity index (χ0n) is 19.5. The van der Waals surface area contributed by atoms with E-state index in [9.17, 15) is 14.9 Å². The summed E-state index contributed by atoms with van der Waals surface area (Å²) in [6.07, 6.45) is 4.78. The van der Waals surface area contributed by atoms with Gasteiger partial charge in [-0.15, -0.1) is 0 Å². The molecule has 1 N–H and O–H groups in total. The summed E-state index contributed by atoms with van der Waals surface area (Å²) in [5.74, 6) is -0.964. The summed E-state index contributed by atoms with van der Waals surface area (Å²) in [7, 11) is 0. The fourth-order valence-corrected chi connectivity index (χ4v) is 4.93. The number of rotatable bonds is 8. The van der Waals surface area contributed by atoms with Gasteiger partial charge in [-0.05, 0) is 74.6 Å². The zero-order valence-corrected chi connectivity index (χ0v) is 19.5. The Balaban J connectivity index is 1.43. The number of anilines is 1. The maximum atomic E-state index is 13.0. The summed E-state index contributed by atoms with van der Waals surface area (Å²) in [4.78, 5) is 31.4. The summed E-state index contributed by atoms with van der Waals surface area (Å²) >= 11 is 0. The van der Waals surface area contributed by atoms with Crippen LogP contribution in [0.3, 0.4) is 0 Å². The van der Waals surface area contributed by atoms with Gasteiger partial charge in [-0.3, -0.25) is 19.9 Å². The Morgan fingerprint density at radius 2 is 1.77 bits per heavy atom. The molecule has 1 unspecified atom stereocenters. The molecule has 3 aromatic carbocycles. The van der Waals surface area contributed by atoms with Gasteiger partial charge in [0, 0.05) is 23.4 Å². The number of fused-ring (bicyclic) bond motifs is 1. The quantitative estimate of drug-likeness (QED) is 0.269. The van der Waals surface area contributed by atoms with E-state index in [1.807, 2.05) is 42.5 Å². The fraction of sp³-hybridized carbons (Fsp3) is 0.286. The van der Waals surface area contributed by atoms with E-state index in [0.717, 1.165) is 30.6 Å². The van der Waals surface area contributed by atoms with Crippen LogP contribution in [0.5, 0.6) is 0 Å². The molecule has 35 heavy (non-hydrogen) atoms. The van der Waals surface area contributed by atoms with Crippen LogP contribution in [0, 0.1) is 10.1 Å². The first-order valence-corrected chi connectivity index (χ1v) is 12.1. The highest BCUT2D eigenvalue weighted by Crippen LogP contribution is 2.38. The van der Waals surface area contributed by atoms with E-state index in [-0.39, 0.29) is 11.6 Å². The van der Waals surface area contributed by atoms with Crippen LogP contribution in [-0.2, 0) is 11.2 Å². The first kappa shape index (κ1) is 22.9. The average molecular weight is 469 g/mol. The van der Waals surface area contributed by atoms with Crippen molar-refractivity contribution >= 4 is 28.7 Å². The maximum absolute atomic E-state index is 13.0. The van der Waals surface area contributed by atoms with Gasteiger partial charge in [-0.1, -0.05) is 42.5 Å². The van der Waals surface area contributed by atoms with Crippen molar-refractivity contribution < 1.29 is 9.72 Å². The molecule has 178 valence electrons. The molecule has 0 saturated carbocycles. The Bertz CT molecular complexity index is 1250. The van der Waals surface area contributed by atoms with Gasteiger partial charge in [0.05, 0.1) is 16.3 Å². The number of nitrogens with zero attached hydrogens (tertiary/aromatic N) is 3. The lowest BCUT2D eigenvalue weighted by Crippen LogP contribution is -2.22. The van der Waals surface area contributed by atoms with Crippen molar-refractivity contribution in [2.24, 2.45) is 4.99 Å². The van der Waals surface area contributed by atoms with Gasteiger partial charge in [0.2, 0.25) is 5.91 Å². The third-order valence-electron chi connectivity index (χ3n) is 6.74. The molecule has 1 saturated heterocycles. The molecule has 5 rings (SSSR count). The molecule has 1 fully saturated rings. The molecule has 7 nitrogen and oxygen atoms in total. The Hall–Kier alpha value is -3.84. The minimum atomic E-state index is -0.729. The molecule has 1 amide bonds. The lowest BCUT2D eigenvalue weighted by Gasteiger charge is -2.15. The highest BCUT2D eigenvalue weighted by atomic mass is 16.6. The van der Waals surface area contributed by atoms with Crippen LogP contribution in [-0.4, -0.2) is 41.1 Å². The Morgan fingerprint density at radius 1 is 1.03 bits per heavy atom. The standard InChI is InChI=1S/C28H28N4O3/c33-28-26(24-19-23(32(34)35)14-15-25(24)30-28)27(21-8-2-1-3-9-21)29-22-12-10-20(11-13-22)7-6-18-31-16-4-5-17-31/h1-3,8-15,19,26H,4-7,16-18H2,(H,30,33). The smallest absolute Gasteiger partial charge is 0.269 e. The number of hydrogen-bond acceptors (Lipinski definition) is 5. The summed E-state index contributed by atoms with van der Waals surface area (Å²) < 4.78 is 0. The van der Waals surface area contributed by atoms with Crippen molar-refractivity contribution in [3.63, 3.8) is 0 Å². The second kappa shape index (κ2) is 10.2. The van der Waals surface area contributed by atoms with E-state index in [2.05, 4.69) is 22.3 Å². The minimum Gasteiger partial charge on any atom is -0.325 e. The molecule has 2 aliphatic heterocycles. The number of benzene rings is 3. The average Bonchev–Trinajstić information content (AvgIpc) is 3.50. The van der Waals surface area contributed by atoms with Gasteiger partial charge in [0.15, 0.2) is 0 Å². The Kier molecular flexibility index (Phi) is 6.68. The lowest BCUT2D eigenvalue weighted by molar-refractivity contribution is -0.384. The molecular formula is C28H28N4O3. The van der Waals surface area contributed by atoms with Crippen LogP contribution < -0.4 is 5.32 Å². The molecule has 7 heteroatoms. The van der Waals surface area contributed by atoms with Crippen molar-refractivity contribution in [3.8, 4) is 0 Å². The Morgan fingerprint density at radius 3 is 2.49 bits per heavy atom. The number of likely N-dealkylation sites (tertiary alicyclic amines) is 1. The lowest BCUT2D eigenvalue weighted by atomic mass is 9.90. The van der Waals surface area contributed by atoms with Gasteiger partial charge in [-0.2, -0.15) is 0 Å². The predicted octanol–water partition coefficient (Wildman–Crippen LogP) is 5.48. The largest absolute Gasteiger partial charge is 0.325 e. The van der Waals surface area contributed by atoms with E-state index in [0.29, 0.717) is 17.0 Å². The fourth-order valence-electron chi connectivity index (χ4n) is 4.93. The highest BCUT2D eigenvalue weighted by molar-refractivity contribution is 6.24. The number of aliphatic imine (C=N–C) groups is 1. The van der Waals surface area contributed by atoms with Gasteiger partial charge >= 0.3 is 0 Å². The molecule has 0 aliphatic carbocycles. The van der Waals surface area contributed by atoms with Gasteiger partial charge in [0.1, 0.15) is 5.92 Å². The number of nitro groups is 1. The molecule has 0 spiro atoms. The van der Waals surface area contributed by atoms with Crippen LogP contribution in [0.4, 0.5) is 17.1 Å². The first-order valence-electron chi connectivity index (χ1n) is 12.1. The van der Waals surface area contributed by atoms with Crippen molar-refractivity contribution in [2.45, 2.75) is 31.6 Å². The topological polar surface area (TPSA) is 87.8 Å². The van der Waals surface area contributed by atoms with Crippen LogP contribution in [0.25, 0.3) is 0 Å². The molecular weight excluding hydrogens is 440 g/mol. The molecule has 2 aliphatic rings. The molecule has 0 radical (unpaired) electrons. The minimum absolute atomic E-state index is 0.0454. The summed E-state index contributed by atoms with van der Waals surface area (Å²) in [5, 5.41) is 14.2. The molecule has 0 aromatic heterocycles. The molecule has 0 bridgehead atoms. The number of carbonyl (C=O) groups is 1. The monoisotopic (exact) mass is 468 g/mol. The van der Waals surface area contributed by atoms with Crippen molar-refractivity contribution in [1.29, 1.82) is 0 Å². The molecule has 3 aromatic rings. The number of carbonyl (C=O) groups excluding carboxylic acids is 1. The second-order valence-electron chi connectivity index (χ2n) is 9.13. The van der Waals surface area contributed by atoms with E-state index >= 15 is 0 Å². The van der Waals surface area contributed by atoms with E-state index in [1.165, 1.54) is 43.6 Å². The second-order valence-corrected chi connectivity index (χ2v) is 9.13. The van der Waals surface area contributed by atoms with Crippen LogP contribution in [0.15, 0.2) is 77.8 Å². The number of aryl methyl sites for hydroxylation is 1. The number of amides is 1. The van der Waals surface area contributed by atoms with Crippen molar-refractivity contribution in [3.05, 3.63) is 99.6 Å². The number of nitrogens with one attached hydrogen (secondary N) is 1. The van der Waals surface area contributed by atoms with Gasteiger partial charge in [-0.25, -0.2) is 0 Å². The van der Waals surface area contributed by atoms with Gasteiger partial charge < -0.3 is 10.2 Å². The van der Waals surface area contributed by atoms with E-state index in [4.69, 9.17) is 4.99 Å². The summed E-state index contributed by atoms with van der Waals surface area (Å²) in [6.45, 7) is 3.58. The molecule has 1 atom stereocenters. The third-order valence-corrected chi connectivity index (χ3v) is 6.74. The van der Waals surface area contributed by atoms with Crippen molar-refractivity contribution in [2.75, 3.05) is 25.0 Å². The van der Waals surface area contributed by atoms with Gasteiger partial charge in [0.25, 0.3) is 5.69 Å². The van der Waals surface area contributed by atoms with E-state index < -0.39 is 10.8 Å². The number of hydrogen-bond donors (Lipinski definition) is 1.